The molecule has 0 unspecified atom stereocenters. The van der Waals surface area contributed by atoms with Gasteiger partial charge in [-0.2, -0.15) is 0 Å². The fourth-order valence-corrected chi connectivity index (χ4v) is 4.63. The second-order valence-electron chi connectivity index (χ2n) is 6.15. The number of hydrogen-bond acceptors (Lipinski definition) is 7. The fraction of sp³-hybridized carbons (Fsp3) is 0.300. The van der Waals surface area contributed by atoms with Crippen molar-refractivity contribution in [2.45, 2.75) is 32.2 Å². The molecule has 0 fully saturated rings. The van der Waals surface area contributed by atoms with Crippen molar-refractivity contribution in [1.29, 1.82) is 0 Å². The molecule has 0 spiro atoms. The highest BCUT2D eigenvalue weighted by Crippen LogP contribution is 2.34. The molecule has 2 aromatic heterocycles. The molecule has 8 heteroatoms. The number of thioether (sulfide) groups is 1. The van der Waals surface area contributed by atoms with E-state index in [1.165, 1.54) is 23.0 Å². The second kappa shape index (κ2) is 9.16. The van der Waals surface area contributed by atoms with Gasteiger partial charge in [0.1, 0.15) is 16.2 Å². The van der Waals surface area contributed by atoms with E-state index in [2.05, 4.69) is 15.3 Å². The zero-order chi connectivity index (χ0) is 20.1. The lowest BCUT2D eigenvalue weighted by atomic mass is 10.1. The largest absolute Gasteiger partial charge is 0.455 e. The number of para-hydroxylation sites is 1. The molecule has 2 heterocycles. The van der Waals surface area contributed by atoms with Crippen LogP contribution in [-0.4, -0.2) is 34.2 Å². The number of ether oxygens (including phenoxy) is 1. The van der Waals surface area contributed by atoms with E-state index in [9.17, 15) is 9.59 Å². The highest BCUT2D eigenvalue weighted by atomic mass is 32.2. The Morgan fingerprint density at radius 3 is 2.79 bits per heavy atom. The van der Waals surface area contributed by atoms with Gasteiger partial charge in [0.05, 0.1) is 5.75 Å². The van der Waals surface area contributed by atoms with E-state index in [4.69, 9.17) is 4.74 Å². The van der Waals surface area contributed by atoms with Crippen LogP contribution in [-0.2, 0) is 20.7 Å². The third-order valence-corrected chi connectivity index (χ3v) is 6.37. The number of esters is 1. The Kier molecular flexibility index (Phi) is 6.64. The molecule has 1 aromatic carbocycles. The smallest absolute Gasteiger partial charge is 0.316 e. The first-order chi connectivity index (χ1) is 13.5. The number of carbonyl (C=O) groups is 2. The number of fused-ring (bicyclic) bond motifs is 1. The van der Waals surface area contributed by atoms with Gasteiger partial charge in [-0.15, -0.1) is 11.3 Å². The Hall–Kier alpha value is -2.45. The molecule has 0 aliphatic rings. The molecule has 28 heavy (non-hydrogen) atoms. The number of rotatable bonds is 7. The molecule has 1 N–H and O–H groups in total. The first-order valence-electron chi connectivity index (χ1n) is 8.86. The van der Waals surface area contributed by atoms with E-state index in [0.717, 1.165) is 38.5 Å². The summed E-state index contributed by atoms with van der Waals surface area (Å²) in [5, 5.41) is 4.52. The van der Waals surface area contributed by atoms with Gasteiger partial charge in [0, 0.05) is 16.0 Å². The number of aryl methyl sites for hydroxylation is 3. The van der Waals surface area contributed by atoms with E-state index in [-0.39, 0.29) is 18.3 Å². The second-order valence-corrected chi connectivity index (χ2v) is 8.32. The monoisotopic (exact) mass is 415 g/mol. The zero-order valence-corrected chi connectivity index (χ0v) is 17.6. The molecule has 0 aliphatic heterocycles. The van der Waals surface area contributed by atoms with Gasteiger partial charge in [0.2, 0.25) is 0 Å². The van der Waals surface area contributed by atoms with Crippen molar-refractivity contribution in [3.8, 4) is 0 Å². The molecule has 0 atom stereocenters. The molecule has 0 radical (unpaired) electrons. The number of amides is 1. The summed E-state index contributed by atoms with van der Waals surface area (Å²) in [6.45, 7) is 5.77. The lowest BCUT2D eigenvalue weighted by Gasteiger charge is -2.10. The summed E-state index contributed by atoms with van der Waals surface area (Å²) in [6, 6.07) is 7.56. The van der Waals surface area contributed by atoms with E-state index in [1.807, 2.05) is 45.0 Å². The molecule has 3 rings (SSSR count). The summed E-state index contributed by atoms with van der Waals surface area (Å²) in [6.07, 6.45) is 2.31. The third-order valence-electron chi connectivity index (χ3n) is 4.29. The summed E-state index contributed by atoms with van der Waals surface area (Å²) in [7, 11) is 0. The average Bonchev–Trinajstić information content (AvgIpc) is 2.99. The number of thiophene rings is 1. The molecular weight excluding hydrogens is 394 g/mol. The van der Waals surface area contributed by atoms with Crippen LogP contribution >= 0.6 is 23.1 Å². The van der Waals surface area contributed by atoms with Crippen LogP contribution in [0.15, 0.2) is 35.6 Å². The van der Waals surface area contributed by atoms with Gasteiger partial charge in [0.15, 0.2) is 6.61 Å². The number of nitrogens with zero attached hydrogens (tertiary/aromatic N) is 2. The van der Waals surface area contributed by atoms with E-state index < -0.39 is 5.97 Å². The fourth-order valence-electron chi connectivity index (χ4n) is 2.71. The molecular formula is C20H21N3O3S2. The normalized spacial score (nSPS) is 10.8. The Morgan fingerprint density at radius 2 is 2.00 bits per heavy atom. The topological polar surface area (TPSA) is 81.2 Å². The van der Waals surface area contributed by atoms with Crippen LogP contribution < -0.4 is 5.32 Å². The Balaban J connectivity index is 1.53. The lowest BCUT2D eigenvalue weighted by Crippen LogP contribution is -2.22. The van der Waals surface area contributed by atoms with Crippen molar-refractivity contribution in [3.63, 3.8) is 0 Å². The van der Waals surface area contributed by atoms with Crippen LogP contribution in [0, 0.1) is 13.8 Å². The molecule has 0 saturated carbocycles. The Bertz CT molecular complexity index is 1020. The van der Waals surface area contributed by atoms with Gasteiger partial charge < -0.3 is 10.1 Å². The highest BCUT2D eigenvalue weighted by Gasteiger charge is 2.15. The quantitative estimate of drug-likeness (QED) is 0.355. The minimum Gasteiger partial charge on any atom is -0.455 e. The van der Waals surface area contributed by atoms with Gasteiger partial charge in [-0.1, -0.05) is 36.9 Å². The Morgan fingerprint density at radius 1 is 1.21 bits per heavy atom. The summed E-state index contributed by atoms with van der Waals surface area (Å²) >= 11 is 2.91. The standard InChI is InChI=1S/C20H21N3O3S2/c1-4-14-7-5-6-8-15(14)23-16(24)9-26-17(25)10-27-19-18-12(2)13(3)28-20(18)22-11-21-19/h5-8,11H,4,9-10H2,1-3H3,(H,23,24). The van der Waals surface area contributed by atoms with Gasteiger partial charge in [-0.05, 0) is 37.5 Å². The molecule has 3 aromatic rings. The lowest BCUT2D eigenvalue weighted by molar-refractivity contribution is -0.144. The highest BCUT2D eigenvalue weighted by molar-refractivity contribution is 8.00. The number of anilines is 1. The summed E-state index contributed by atoms with van der Waals surface area (Å²) in [5.74, 6) is -0.729. The van der Waals surface area contributed by atoms with Gasteiger partial charge >= 0.3 is 5.97 Å². The van der Waals surface area contributed by atoms with Gasteiger partial charge in [-0.3, -0.25) is 9.59 Å². The SMILES string of the molecule is CCc1ccccc1NC(=O)COC(=O)CSc1ncnc2sc(C)c(C)c12. The van der Waals surface area contributed by atoms with Crippen molar-refractivity contribution in [3.05, 3.63) is 46.6 Å². The summed E-state index contributed by atoms with van der Waals surface area (Å²) in [5.41, 5.74) is 2.91. The maximum Gasteiger partial charge on any atom is 0.316 e. The minimum absolute atomic E-state index is 0.0826. The molecule has 0 aliphatic carbocycles. The first kappa shape index (κ1) is 20.3. The predicted molar refractivity (Wildman–Crippen MR) is 113 cm³/mol. The summed E-state index contributed by atoms with van der Waals surface area (Å²) < 4.78 is 5.11. The average molecular weight is 416 g/mol. The van der Waals surface area contributed by atoms with Crippen molar-refractivity contribution in [2.75, 3.05) is 17.7 Å². The molecule has 0 saturated heterocycles. The summed E-state index contributed by atoms with van der Waals surface area (Å²) in [4.78, 5) is 34.8. The molecule has 1 amide bonds. The molecule has 0 bridgehead atoms. The van der Waals surface area contributed by atoms with Crippen molar-refractivity contribution < 1.29 is 14.3 Å². The van der Waals surface area contributed by atoms with Crippen LogP contribution in [0.5, 0.6) is 0 Å². The predicted octanol–water partition coefficient (Wildman–Crippen LogP) is 4.14. The van der Waals surface area contributed by atoms with Crippen LogP contribution in [0.25, 0.3) is 10.2 Å². The minimum atomic E-state index is -0.458. The third kappa shape index (κ3) is 4.69. The number of hydrogen-bond donors (Lipinski definition) is 1. The molecule has 6 nitrogen and oxygen atoms in total. The maximum absolute atomic E-state index is 12.1. The first-order valence-corrected chi connectivity index (χ1v) is 10.7. The van der Waals surface area contributed by atoms with Crippen molar-refractivity contribution in [1.82, 2.24) is 9.97 Å². The Labute approximate surface area is 171 Å². The van der Waals surface area contributed by atoms with E-state index in [0.29, 0.717) is 0 Å². The number of nitrogens with one attached hydrogen (secondary N) is 1. The van der Waals surface area contributed by atoms with E-state index in [1.54, 1.807) is 11.3 Å². The van der Waals surface area contributed by atoms with E-state index >= 15 is 0 Å². The zero-order valence-electron chi connectivity index (χ0n) is 15.9. The van der Waals surface area contributed by atoms with Gasteiger partial charge in [-0.25, -0.2) is 9.97 Å². The van der Waals surface area contributed by atoms with Crippen LogP contribution in [0.2, 0.25) is 0 Å². The van der Waals surface area contributed by atoms with Crippen molar-refractivity contribution in [2.24, 2.45) is 0 Å². The van der Waals surface area contributed by atoms with Crippen LogP contribution in [0.1, 0.15) is 22.9 Å². The maximum atomic E-state index is 12.1. The number of benzene rings is 1. The molecule has 146 valence electrons. The van der Waals surface area contributed by atoms with Crippen molar-refractivity contribution >= 4 is 50.9 Å². The van der Waals surface area contributed by atoms with Crippen LogP contribution in [0.4, 0.5) is 5.69 Å². The number of carbonyl (C=O) groups excluding carboxylic acids is 2. The van der Waals surface area contributed by atoms with Gasteiger partial charge in [0.25, 0.3) is 5.91 Å². The van der Waals surface area contributed by atoms with Crippen LogP contribution in [0.3, 0.4) is 0 Å². The number of aromatic nitrogens is 2.